The number of hydrogen-bond acceptors (Lipinski definition) is 3. The zero-order chi connectivity index (χ0) is 15.6. The molecule has 0 unspecified atom stereocenters. The zero-order valence-corrected chi connectivity index (χ0v) is 12.3. The fraction of sp³-hybridized carbons (Fsp3) is 0.0556. The van der Waals surface area contributed by atoms with E-state index >= 15 is 0 Å². The number of carbonyl (C=O) groups excluding carboxylic acids is 1. The molecule has 4 rings (SSSR count). The van der Waals surface area contributed by atoms with Crippen LogP contribution in [0.25, 0.3) is 22.2 Å². The molecule has 0 radical (unpaired) electrons. The van der Waals surface area contributed by atoms with Gasteiger partial charge in [0.05, 0.1) is 6.20 Å². The van der Waals surface area contributed by atoms with E-state index < -0.39 is 0 Å². The number of nitrogens with zero attached hydrogens (tertiary/aromatic N) is 3. The molecule has 3 aromatic heterocycles. The molecular formula is C18H14N4O. The van der Waals surface area contributed by atoms with Gasteiger partial charge in [0.2, 0.25) is 0 Å². The van der Waals surface area contributed by atoms with Gasteiger partial charge in [-0.3, -0.25) is 9.48 Å². The highest BCUT2D eigenvalue weighted by molar-refractivity contribution is 5.96. The lowest BCUT2D eigenvalue weighted by Crippen LogP contribution is -2.10. The molecular weight excluding hydrogens is 288 g/mol. The maximum absolute atomic E-state index is 12.3. The second kappa shape index (κ2) is 5.53. The predicted molar refractivity (Wildman–Crippen MR) is 88.1 cm³/mol. The molecule has 0 saturated carbocycles. The predicted octanol–water partition coefficient (Wildman–Crippen LogP) is 3.31. The second-order valence-electron chi connectivity index (χ2n) is 5.31. The molecule has 4 aromatic rings. The average Bonchev–Trinajstić information content (AvgIpc) is 3.24. The molecule has 112 valence electrons. The van der Waals surface area contributed by atoms with Gasteiger partial charge in [0.1, 0.15) is 12.2 Å². The summed E-state index contributed by atoms with van der Waals surface area (Å²) in [5, 5.41) is 5.36. The summed E-state index contributed by atoms with van der Waals surface area (Å²) < 4.78 is 1.67. The molecule has 0 fully saturated rings. The number of H-pyrrole nitrogens is 1. The Bertz CT molecular complexity index is 969. The highest BCUT2D eigenvalue weighted by atomic mass is 16.1. The van der Waals surface area contributed by atoms with E-state index in [0.29, 0.717) is 5.56 Å². The van der Waals surface area contributed by atoms with E-state index in [0.717, 1.165) is 22.2 Å². The lowest BCUT2D eigenvalue weighted by atomic mass is 10.1. The molecule has 0 aliphatic rings. The van der Waals surface area contributed by atoms with Crippen molar-refractivity contribution < 1.29 is 4.79 Å². The molecule has 23 heavy (non-hydrogen) atoms. The van der Waals surface area contributed by atoms with Crippen molar-refractivity contribution in [2.24, 2.45) is 0 Å². The maximum atomic E-state index is 12.3. The van der Waals surface area contributed by atoms with Crippen molar-refractivity contribution in [3.8, 4) is 11.1 Å². The first-order valence-electron chi connectivity index (χ1n) is 7.34. The monoisotopic (exact) mass is 302 g/mol. The minimum absolute atomic E-state index is 0.0433. The highest BCUT2D eigenvalue weighted by Gasteiger charge is 2.10. The Balaban J connectivity index is 1.62. The summed E-state index contributed by atoms with van der Waals surface area (Å²) in [6.07, 6.45) is 7.30. The van der Waals surface area contributed by atoms with Crippen LogP contribution in [-0.2, 0) is 6.54 Å². The molecule has 0 aliphatic heterocycles. The van der Waals surface area contributed by atoms with Gasteiger partial charge < -0.3 is 4.98 Å². The van der Waals surface area contributed by atoms with Crippen LogP contribution in [0.5, 0.6) is 0 Å². The van der Waals surface area contributed by atoms with Gasteiger partial charge >= 0.3 is 0 Å². The van der Waals surface area contributed by atoms with Crippen molar-refractivity contribution in [1.82, 2.24) is 19.7 Å². The Morgan fingerprint density at radius 2 is 2.00 bits per heavy atom. The van der Waals surface area contributed by atoms with E-state index in [1.807, 2.05) is 54.9 Å². The molecule has 1 aromatic carbocycles. The van der Waals surface area contributed by atoms with Gasteiger partial charge in [0.15, 0.2) is 5.78 Å². The minimum Gasteiger partial charge on any atom is -0.346 e. The van der Waals surface area contributed by atoms with Gasteiger partial charge in [-0.2, -0.15) is 5.10 Å². The molecule has 0 bridgehead atoms. The standard InChI is InChI=1S/C18H14N4O/c23-17(13-4-2-1-3-5-13)12-22-11-14(10-21-22)15-6-8-19-18-16(15)7-9-20-18/h1-11H,12H2,(H,19,20). The van der Waals surface area contributed by atoms with Crippen LogP contribution in [0, 0.1) is 0 Å². The number of nitrogens with one attached hydrogen (secondary N) is 1. The molecule has 0 saturated heterocycles. The Morgan fingerprint density at radius 1 is 1.13 bits per heavy atom. The summed E-state index contributed by atoms with van der Waals surface area (Å²) >= 11 is 0. The van der Waals surface area contributed by atoms with E-state index in [9.17, 15) is 4.79 Å². The molecule has 0 spiro atoms. The number of Topliss-reactive ketones (excluding diaryl/α,β-unsaturated/α-hetero) is 1. The fourth-order valence-corrected chi connectivity index (χ4v) is 2.66. The van der Waals surface area contributed by atoms with Crippen LogP contribution in [0.4, 0.5) is 0 Å². The van der Waals surface area contributed by atoms with Gasteiger partial charge in [-0.1, -0.05) is 30.3 Å². The number of benzene rings is 1. The molecule has 3 heterocycles. The van der Waals surface area contributed by atoms with Crippen molar-refractivity contribution >= 4 is 16.8 Å². The number of carbonyl (C=O) groups is 1. The molecule has 5 heteroatoms. The summed E-state index contributed by atoms with van der Waals surface area (Å²) in [5.41, 5.74) is 3.56. The number of aromatic amines is 1. The topological polar surface area (TPSA) is 63.6 Å². The maximum Gasteiger partial charge on any atom is 0.184 e. The lowest BCUT2D eigenvalue weighted by molar-refractivity contribution is 0.0968. The third kappa shape index (κ3) is 2.53. The third-order valence-corrected chi connectivity index (χ3v) is 3.81. The number of hydrogen-bond donors (Lipinski definition) is 1. The van der Waals surface area contributed by atoms with E-state index in [1.165, 1.54) is 0 Å². The smallest absolute Gasteiger partial charge is 0.184 e. The van der Waals surface area contributed by atoms with Crippen molar-refractivity contribution in [2.75, 3.05) is 0 Å². The first kappa shape index (κ1) is 13.5. The van der Waals surface area contributed by atoms with Crippen molar-refractivity contribution in [3.05, 3.63) is 72.8 Å². The van der Waals surface area contributed by atoms with Crippen molar-refractivity contribution in [1.29, 1.82) is 0 Å². The van der Waals surface area contributed by atoms with Gasteiger partial charge in [-0.05, 0) is 17.7 Å². The number of aromatic nitrogens is 4. The van der Waals surface area contributed by atoms with E-state index in [2.05, 4.69) is 15.1 Å². The summed E-state index contributed by atoms with van der Waals surface area (Å²) in [7, 11) is 0. The van der Waals surface area contributed by atoms with Crippen LogP contribution in [-0.4, -0.2) is 25.5 Å². The Morgan fingerprint density at radius 3 is 2.87 bits per heavy atom. The van der Waals surface area contributed by atoms with Crippen LogP contribution in [0.2, 0.25) is 0 Å². The highest BCUT2D eigenvalue weighted by Crippen LogP contribution is 2.26. The Labute approximate surface area is 132 Å². The number of pyridine rings is 1. The van der Waals surface area contributed by atoms with Gasteiger partial charge in [0.25, 0.3) is 0 Å². The lowest BCUT2D eigenvalue weighted by Gasteiger charge is -2.01. The Kier molecular flexibility index (Phi) is 3.24. The van der Waals surface area contributed by atoms with Gasteiger partial charge in [0, 0.05) is 35.1 Å². The first-order chi connectivity index (χ1) is 11.3. The first-order valence-corrected chi connectivity index (χ1v) is 7.34. The fourth-order valence-electron chi connectivity index (χ4n) is 2.66. The summed E-state index contributed by atoms with van der Waals surface area (Å²) in [5.74, 6) is 0.0433. The number of ketones is 1. The SMILES string of the molecule is O=C(Cn1cc(-c2ccnc3[nH]ccc23)cn1)c1ccccc1. The minimum atomic E-state index is 0.0433. The van der Waals surface area contributed by atoms with Crippen LogP contribution in [0.15, 0.2) is 67.3 Å². The quantitative estimate of drug-likeness (QED) is 0.588. The van der Waals surface area contributed by atoms with Gasteiger partial charge in [-0.25, -0.2) is 4.98 Å². The molecule has 0 atom stereocenters. The number of fused-ring (bicyclic) bond motifs is 1. The Hall–Kier alpha value is -3.21. The van der Waals surface area contributed by atoms with E-state index in [1.54, 1.807) is 17.1 Å². The normalized spacial score (nSPS) is 11.0. The zero-order valence-electron chi connectivity index (χ0n) is 12.3. The summed E-state index contributed by atoms with van der Waals surface area (Å²) in [4.78, 5) is 19.6. The van der Waals surface area contributed by atoms with Crippen LogP contribution >= 0.6 is 0 Å². The van der Waals surface area contributed by atoms with Crippen molar-refractivity contribution in [2.45, 2.75) is 6.54 Å². The molecule has 0 amide bonds. The average molecular weight is 302 g/mol. The van der Waals surface area contributed by atoms with Crippen LogP contribution < -0.4 is 0 Å². The second-order valence-corrected chi connectivity index (χ2v) is 5.31. The van der Waals surface area contributed by atoms with Crippen LogP contribution in [0.1, 0.15) is 10.4 Å². The van der Waals surface area contributed by atoms with Gasteiger partial charge in [-0.15, -0.1) is 0 Å². The van der Waals surface area contributed by atoms with Crippen molar-refractivity contribution in [3.63, 3.8) is 0 Å². The number of rotatable bonds is 4. The molecule has 5 nitrogen and oxygen atoms in total. The van der Waals surface area contributed by atoms with E-state index in [4.69, 9.17) is 0 Å². The largest absolute Gasteiger partial charge is 0.346 e. The molecule has 1 N–H and O–H groups in total. The summed E-state index contributed by atoms with van der Waals surface area (Å²) in [6, 6.07) is 13.2. The van der Waals surface area contributed by atoms with E-state index in [-0.39, 0.29) is 12.3 Å². The summed E-state index contributed by atoms with van der Waals surface area (Å²) in [6.45, 7) is 0.228. The molecule has 0 aliphatic carbocycles. The third-order valence-electron chi connectivity index (χ3n) is 3.81. The van der Waals surface area contributed by atoms with Crippen LogP contribution in [0.3, 0.4) is 0 Å².